The van der Waals surface area contributed by atoms with Crippen molar-refractivity contribution in [2.24, 2.45) is 27.4 Å². The lowest BCUT2D eigenvalue weighted by Crippen LogP contribution is -2.62. The summed E-state index contributed by atoms with van der Waals surface area (Å²) in [6, 6.07) is 0. The lowest BCUT2D eigenvalue weighted by Gasteiger charge is -2.67. The molecular formula is C15H29NO2. The quantitative estimate of drug-likeness (QED) is 0.813. The molecule has 0 unspecified atom stereocenters. The van der Waals surface area contributed by atoms with Crippen LogP contribution < -0.4 is 5.73 Å². The average molecular weight is 255 g/mol. The van der Waals surface area contributed by atoms with Gasteiger partial charge in [0, 0.05) is 0 Å². The molecule has 3 nitrogen and oxygen atoms in total. The van der Waals surface area contributed by atoms with Crippen molar-refractivity contribution in [3.8, 4) is 0 Å². The number of carboxylic acid groups (broad SMARTS) is 1. The molecule has 18 heavy (non-hydrogen) atoms. The third-order valence-corrected chi connectivity index (χ3v) is 5.18. The summed E-state index contributed by atoms with van der Waals surface area (Å²) < 4.78 is 0. The Kier molecular flexibility index (Phi) is 3.63. The van der Waals surface area contributed by atoms with Gasteiger partial charge in [-0.05, 0) is 41.0 Å². The van der Waals surface area contributed by atoms with Gasteiger partial charge in [0.05, 0.1) is 6.42 Å². The Morgan fingerprint density at radius 1 is 1.11 bits per heavy atom. The second kappa shape index (κ2) is 4.22. The molecule has 0 amide bonds. The monoisotopic (exact) mass is 255 g/mol. The highest BCUT2D eigenvalue weighted by molar-refractivity contribution is 5.68. The fourth-order valence-corrected chi connectivity index (χ4v) is 4.08. The molecule has 3 heteroatoms. The van der Waals surface area contributed by atoms with Crippen molar-refractivity contribution >= 4 is 5.97 Å². The van der Waals surface area contributed by atoms with Gasteiger partial charge in [-0.25, -0.2) is 0 Å². The van der Waals surface area contributed by atoms with Crippen LogP contribution in [0.25, 0.3) is 0 Å². The summed E-state index contributed by atoms with van der Waals surface area (Å²) in [7, 11) is 0. The highest BCUT2D eigenvalue weighted by Gasteiger charge is 2.63. The van der Waals surface area contributed by atoms with Crippen LogP contribution in [0.4, 0.5) is 0 Å². The van der Waals surface area contributed by atoms with Gasteiger partial charge in [-0.15, -0.1) is 0 Å². The van der Waals surface area contributed by atoms with E-state index < -0.39 is 5.97 Å². The normalized spacial score (nSPS) is 22.4. The molecule has 0 heterocycles. The van der Waals surface area contributed by atoms with Crippen LogP contribution in [0.15, 0.2) is 0 Å². The predicted octanol–water partition coefficient (Wildman–Crippen LogP) is 3.28. The molecule has 106 valence electrons. The molecule has 0 atom stereocenters. The van der Waals surface area contributed by atoms with Crippen LogP contribution in [0.2, 0.25) is 0 Å². The van der Waals surface area contributed by atoms with Gasteiger partial charge in [-0.1, -0.05) is 41.5 Å². The first kappa shape index (κ1) is 15.5. The highest BCUT2D eigenvalue weighted by atomic mass is 16.4. The molecule has 0 spiro atoms. The standard InChI is InChI=1S/C15H29NO2/c1-12(2,3)15(13(4,5)6)8-14(9-15,10-16)7-11(17)18/h7-10,16H2,1-6H3,(H,17,18). The maximum absolute atomic E-state index is 11.0. The van der Waals surface area contributed by atoms with E-state index in [0.29, 0.717) is 6.54 Å². The fourth-order valence-electron chi connectivity index (χ4n) is 4.08. The number of nitrogens with two attached hydrogens (primary N) is 1. The molecule has 0 aromatic heterocycles. The van der Waals surface area contributed by atoms with Gasteiger partial charge in [0.2, 0.25) is 0 Å². The van der Waals surface area contributed by atoms with Crippen molar-refractivity contribution in [1.29, 1.82) is 0 Å². The molecule has 0 aromatic carbocycles. The first-order chi connectivity index (χ1) is 7.89. The zero-order chi connectivity index (χ0) is 14.4. The number of carboxylic acids is 1. The highest BCUT2D eigenvalue weighted by Crippen LogP contribution is 2.70. The van der Waals surface area contributed by atoms with Crippen molar-refractivity contribution in [2.75, 3.05) is 6.54 Å². The van der Waals surface area contributed by atoms with Crippen LogP contribution in [-0.2, 0) is 4.79 Å². The van der Waals surface area contributed by atoms with Gasteiger partial charge in [0.1, 0.15) is 0 Å². The molecule has 0 aromatic rings. The summed E-state index contributed by atoms with van der Waals surface area (Å²) in [5.41, 5.74) is 6.19. The maximum Gasteiger partial charge on any atom is 0.303 e. The van der Waals surface area contributed by atoms with Gasteiger partial charge in [-0.3, -0.25) is 4.79 Å². The number of rotatable bonds is 3. The topological polar surface area (TPSA) is 63.3 Å². The third kappa shape index (κ3) is 2.29. The Morgan fingerprint density at radius 3 is 1.72 bits per heavy atom. The van der Waals surface area contributed by atoms with Gasteiger partial charge in [0.15, 0.2) is 0 Å². The van der Waals surface area contributed by atoms with E-state index >= 15 is 0 Å². The summed E-state index contributed by atoms with van der Waals surface area (Å²) in [4.78, 5) is 11.0. The summed E-state index contributed by atoms with van der Waals surface area (Å²) >= 11 is 0. The molecule has 0 bridgehead atoms. The van der Waals surface area contributed by atoms with E-state index in [0.717, 1.165) is 12.8 Å². The first-order valence-corrected chi connectivity index (χ1v) is 6.81. The van der Waals surface area contributed by atoms with Crippen molar-refractivity contribution in [1.82, 2.24) is 0 Å². The molecular weight excluding hydrogens is 226 g/mol. The molecule has 1 saturated carbocycles. The maximum atomic E-state index is 11.0. The molecule has 1 fully saturated rings. The molecule has 1 rings (SSSR count). The number of carbonyl (C=O) groups is 1. The van der Waals surface area contributed by atoms with E-state index in [1.165, 1.54) is 0 Å². The van der Waals surface area contributed by atoms with E-state index in [9.17, 15) is 4.79 Å². The van der Waals surface area contributed by atoms with E-state index in [1.807, 2.05) is 0 Å². The lowest BCUT2D eigenvalue weighted by molar-refractivity contribution is -0.188. The number of hydrogen-bond donors (Lipinski definition) is 2. The Bertz CT molecular complexity index is 311. The van der Waals surface area contributed by atoms with Crippen LogP contribution in [0.1, 0.15) is 60.8 Å². The second-order valence-corrected chi connectivity index (χ2v) is 8.21. The lowest BCUT2D eigenvalue weighted by atomic mass is 9.37. The minimum atomic E-state index is -0.725. The zero-order valence-corrected chi connectivity index (χ0v) is 12.8. The SMILES string of the molecule is CC(C)(C)C1(C(C)(C)C)CC(CN)(CC(=O)O)C1. The molecule has 0 radical (unpaired) electrons. The van der Waals surface area contributed by atoms with Gasteiger partial charge in [-0.2, -0.15) is 0 Å². The van der Waals surface area contributed by atoms with Gasteiger partial charge in [0.25, 0.3) is 0 Å². The van der Waals surface area contributed by atoms with Crippen LogP contribution in [0.5, 0.6) is 0 Å². The zero-order valence-electron chi connectivity index (χ0n) is 12.8. The third-order valence-electron chi connectivity index (χ3n) is 5.18. The smallest absolute Gasteiger partial charge is 0.303 e. The molecule has 0 aliphatic heterocycles. The van der Waals surface area contributed by atoms with Crippen LogP contribution >= 0.6 is 0 Å². The van der Waals surface area contributed by atoms with Gasteiger partial charge < -0.3 is 10.8 Å². The molecule has 3 N–H and O–H groups in total. The number of aliphatic carboxylic acids is 1. The minimum absolute atomic E-state index is 0.169. The van der Waals surface area contributed by atoms with E-state index in [2.05, 4.69) is 41.5 Å². The van der Waals surface area contributed by atoms with E-state index in [1.54, 1.807) is 0 Å². The summed E-state index contributed by atoms with van der Waals surface area (Å²) in [6.45, 7) is 14.1. The molecule has 1 aliphatic carbocycles. The average Bonchev–Trinajstić information content (AvgIpc) is 2.05. The second-order valence-electron chi connectivity index (χ2n) is 8.21. The van der Waals surface area contributed by atoms with Crippen LogP contribution in [0, 0.1) is 21.7 Å². The van der Waals surface area contributed by atoms with E-state index in [-0.39, 0.29) is 28.1 Å². The molecule has 1 aliphatic rings. The summed E-state index contributed by atoms with van der Waals surface area (Å²) in [5.74, 6) is -0.725. The number of hydrogen-bond acceptors (Lipinski definition) is 2. The van der Waals surface area contributed by atoms with Crippen LogP contribution in [-0.4, -0.2) is 17.6 Å². The first-order valence-electron chi connectivity index (χ1n) is 6.81. The van der Waals surface area contributed by atoms with Crippen LogP contribution in [0.3, 0.4) is 0 Å². The van der Waals surface area contributed by atoms with Crippen molar-refractivity contribution in [3.63, 3.8) is 0 Å². The van der Waals surface area contributed by atoms with Gasteiger partial charge >= 0.3 is 5.97 Å². The van der Waals surface area contributed by atoms with E-state index in [4.69, 9.17) is 10.8 Å². The fraction of sp³-hybridized carbons (Fsp3) is 0.933. The minimum Gasteiger partial charge on any atom is -0.481 e. The summed E-state index contributed by atoms with van der Waals surface area (Å²) in [5, 5.41) is 9.07. The largest absolute Gasteiger partial charge is 0.481 e. The Morgan fingerprint density at radius 2 is 1.50 bits per heavy atom. The Labute approximate surface area is 111 Å². The van der Waals surface area contributed by atoms with Crippen molar-refractivity contribution in [2.45, 2.75) is 60.8 Å². The Hall–Kier alpha value is -0.570. The predicted molar refractivity (Wildman–Crippen MR) is 74.3 cm³/mol. The Balaban J connectivity index is 3.01. The van der Waals surface area contributed by atoms with Crippen molar-refractivity contribution < 1.29 is 9.90 Å². The molecule has 0 saturated heterocycles. The van der Waals surface area contributed by atoms with Crippen molar-refractivity contribution in [3.05, 3.63) is 0 Å². The summed E-state index contributed by atoms with van der Waals surface area (Å²) in [6.07, 6.45) is 2.06.